The van der Waals surface area contributed by atoms with Crippen LogP contribution in [0.1, 0.15) is 96.8 Å². The highest BCUT2D eigenvalue weighted by molar-refractivity contribution is 5.85. The highest BCUT2D eigenvalue weighted by atomic mass is 35.5. The lowest BCUT2D eigenvalue weighted by molar-refractivity contribution is -0.142. The van der Waals surface area contributed by atoms with Crippen molar-refractivity contribution in [2.45, 2.75) is 96.8 Å². The number of nitrogens with zero attached hydrogens (tertiary/aromatic N) is 1. The number of esters is 1. The van der Waals surface area contributed by atoms with Crippen LogP contribution in [0.5, 0.6) is 11.6 Å². The maximum absolute atomic E-state index is 11.6. The van der Waals surface area contributed by atoms with E-state index in [1.54, 1.807) is 0 Å². The lowest BCUT2D eigenvalue weighted by Gasteiger charge is -2.07. The van der Waals surface area contributed by atoms with Gasteiger partial charge in [-0.25, -0.2) is 9.78 Å². The number of halogens is 1. The Hall–Kier alpha value is -2.02. The zero-order valence-electron chi connectivity index (χ0n) is 19.5. The molecule has 8 heteroatoms. The van der Waals surface area contributed by atoms with Crippen LogP contribution in [-0.2, 0) is 9.53 Å². The summed E-state index contributed by atoms with van der Waals surface area (Å²) in [5.74, 6) is -0.981. The first-order chi connectivity index (χ1) is 15.1. The van der Waals surface area contributed by atoms with Crippen LogP contribution in [0.25, 0.3) is 0 Å². The van der Waals surface area contributed by atoms with E-state index < -0.39 is 12.1 Å². The monoisotopic (exact) mass is 472 g/mol. The van der Waals surface area contributed by atoms with Crippen LogP contribution in [0.4, 0.5) is 4.79 Å². The molecule has 0 spiro atoms. The first-order valence-electron chi connectivity index (χ1n) is 11.9. The summed E-state index contributed by atoms with van der Waals surface area (Å²) in [6.45, 7) is 2.32. The average Bonchev–Trinajstić information content (AvgIpc) is 2.76. The Morgan fingerprint density at radius 2 is 1.44 bits per heavy atom. The SMILES string of the molecule is CCCCCCCCCCCCCCCCOC(=O)CNC(=O)Oc1ncccc1O.Cl. The largest absolute Gasteiger partial charge is 0.503 e. The molecule has 0 aliphatic carbocycles. The molecule has 0 aliphatic rings. The molecule has 0 unspecified atom stereocenters. The summed E-state index contributed by atoms with van der Waals surface area (Å²) in [6, 6.07) is 2.86. The number of nitrogens with one attached hydrogen (secondary N) is 1. The van der Waals surface area contributed by atoms with E-state index in [1.165, 1.54) is 89.0 Å². The summed E-state index contributed by atoms with van der Waals surface area (Å²) in [4.78, 5) is 27.0. The van der Waals surface area contributed by atoms with Gasteiger partial charge in [0, 0.05) is 6.20 Å². The molecular formula is C24H41ClN2O5. The summed E-state index contributed by atoms with van der Waals surface area (Å²) in [5, 5.41) is 11.8. The average molecular weight is 473 g/mol. The highest BCUT2D eigenvalue weighted by Crippen LogP contribution is 2.20. The van der Waals surface area contributed by atoms with E-state index in [0.717, 1.165) is 19.3 Å². The molecule has 0 fully saturated rings. The Morgan fingerprint density at radius 3 is 1.97 bits per heavy atom. The minimum absolute atomic E-state index is 0. The Kier molecular flexibility index (Phi) is 19.5. The van der Waals surface area contributed by atoms with E-state index in [0.29, 0.717) is 6.61 Å². The second-order valence-corrected chi connectivity index (χ2v) is 7.89. The highest BCUT2D eigenvalue weighted by Gasteiger charge is 2.11. The van der Waals surface area contributed by atoms with Crippen molar-refractivity contribution in [1.29, 1.82) is 0 Å². The van der Waals surface area contributed by atoms with Crippen molar-refractivity contribution in [3.8, 4) is 11.6 Å². The van der Waals surface area contributed by atoms with Crippen molar-refractivity contribution < 1.29 is 24.2 Å². The topological polar surface area (TPSA) is 97.8 Å². The minimum Gasteiger partial charge on any atom is -0.503 e. The molecule has 32 heavy (non-hydrogen) atoms. The van der Waals surface area contributed by atoms with Gasteiger partial charge in [0.2, 0.25) is 0 Å². The van der Waals surface area contributed by atoms with Crippen molar-refractivity contribution in [2.75, 3.05) is 13.2 Å². The maximum atomic E-state index is 11.6. The molecule has 0 aromatic carbocycles. The lowest BCUT2D eigenvalue weighted by atomic mass is 10.0. The number of hydrogen-bond donors (Lipinski definition) is 2. The van der Waals surface area contributed by atoms with Crippen LogP contribution < -0.4 is 10.1 Å². The minimum atomic E-state index is -0.873. The smallest absolute Gasteiger partial charge is 0.414 e. The molecule has 7 nitrogen and oxygen atoms in total. The zero-order valence-corrected chi connectivity index (χ0v) is 20.3. The van der Waals surface area contributed by atoms with Gasteiger partial charge in [0.15, 0.2) is 5.75 Å². The van der Waals surface area contributed by atoms with Crippen molar-refractivity contribution >= 4 is 24.5 Å². The van der Waals surface area contributed by atoms with Crippen LogP contribution in [0.3, 0.4) is 0 Å². The van der Waals surface area contributed by atoms with E-state index in [2.05, 4.69) is 17.2 Å². The fourth-order valence-corrected chi connectivity index (χ4v) is 3.26. The molecule has 0 bridgehead atoms. The Morgan fingerprint density at radius 1 is 0.906 bits per heavy atom. The van der Waals surface area contributed by atoms with Crippen molar-refractivity contribution in [2.24, 2.45) is 0 Å². The number of carbonyl (C=O) groups is 2. The molecule has 0 saturated carbocycles. The summed E-state index contributed by atoms with van der Waals surface area (Å²) in [6.07, 6.45) is 18.4. The fraction of sp³-hybridized carbons (Fsp3) is 0.708. The number of amides is 1. The van der Waals surface area contributed by atoms with Crippen molar-refractivity contribution in [3.63, 3.8) is 0 Å². The number of rotatable bonds is 18. The number of unbranched alkanes of at least 4 members (excludes halogenated alkanes) is 13. The van der Waals surface area contributed by atoms with E-state index in [4.69, 9.17) is 9.47 Å². The normalized spacial score (nSPS) is 10.3. The fourth-order valence-electron chi connectivity index (χ4n) is 3.26. The molecule has 184 valence electrons. The number of aromatic hydroxyl groups is 1. The van der Waals surface area contributed by atoms with Crippen molar-refractivity contribution in [3.05, 3.63) is 18.3 Å². The number of ether oxygens (including phenoxy) is 2. The molecule has 0 radical (unpaired) electrons. The van der Waals surface area contributed by atoms with E-state index in [-0.39, 0.29) is 30.6 Å². The molecule has 0 saturated heterocycles. The Bertz CT molecular complexity index is 616. The van der Waals surface area contributed by atoms with Gasteiger partial charge in [-0.2, -0.15) is 0 Å². The second kappa shape index (κ2) is 20.9. The van der Waals surface area contributed by atoms with E-state index >= 15 is 0 Å². The molecule has 1 rings (SSSR count). The molecule has 1 aromatic rings. The molecule has 2 N–H and O–H groups in total. The molecule has 1 heterocycles. The number of aromatic nitrogens is 1. The molecular weight excluding hydrogens is 432 g/mol. The molecule has 1 aromatic heterocycles. The quantitative estimate of drug-likeness (QED) is 0.191. The standard InChI is InChI=1S/C24H40N2O5.ClH/c1-2-3-4-5-6-7-8-9-10-11-12-13-14-15-19-30-22(28)20-26-24(29)31-23-21(27)17-16-18-25-23;/h16-18,27H,2-15,19-20H2,1H3,(H,26,29);1H. The van der Waals surface area contributed by atoms with Gasteiger partial charge in [-0.15, -0.1) is 12.4 Å². The summed E-state index contributed by atoms with van der Waals surface area (Å²) < 4.78 is 9.91. The van der Waals surface area contributed by atoms with Gasteiger partial charge >= 0.3 is 12.1 Å². The van der Waals surface area contributed by atoms with Gasteiger partial charge < -0.3 is 19.9 Å². The molecule has 0 atom stereocenters. The Balaban J connectivity index is 0.00000961. The number of carbonyl (C=O) groups excluding carboxylic acids is 2. The summed E-state index contributed by atoms with van der Waals surface area (Å²) in [7, 11) is 0. The van der Waals surface area contributed by atoms with Gasteiger partial charge in [0.05, 0.1) is 6.61 Å². The summed E-state index contributed by atoms with van der Waals surface area (Å²) in [5.41, 5.74) is 0. The van der Waals surface area contributed by atoms with Gasteiger partial charge in [-0.1, -0.05) is 90.4 Å². The van der Waals surface area contributed by atoms with Gasteiger partial charge in [-0.3, -0.25) is 4.79 Å². The first kappa shape index (κ1) is 30.0. The third-order valence-electron chi connectivity index (χ3n) is 5.08. The zero-order chi connectivity index (χ0) is 22.6. The van der Waals surface area contributed by atoms with Gasteiger partial charge in [-0.05, 0) is 18.6 Å². The molecule has 1 amide bonds. The lowest BCUT2D eigenvalue weighted by Crippen LogP contribution is -2.33. The van der Waals surface area contributed by atoms with Crippen LogP contribution in [0, 0.1) is 0 Å². The van der Waals surface area contributed by atoms with Crippen LogP contribution in [0.2, 0.25) is 0 Å². The second-order valence-electron chi connectivity index (χ2n) is 7.89. The van der Waals surface area contributed by atoms with Crippen LogP contribution in [0.15, 0.2) is 18.3 Å². The Labute approximate surface area is 199 Å². The van der Waals surface area contributed by atoms with Gasteiger partial charge in [0.1, 0.15) is 6.54 Å². The third-order valence-corrected chi connectivity index (χ3v) is 5.08. The predicted molar refractivity (Wildman–Crippen MR) is 128 cm³/mol. The maximum Gasteiger partial charge on any atom is 0.414 e. The van der Waals surface area contributed by atoms with Crippen LogP contribution in [-0.4, -0.2) is 35.3 Å². The van der Waals surface area contributed by atoms with Crippen LogP contribution >= 0.6 is 12.4 Å². The van der Waals surface area contributed by atoms with Crippen molar-refractivity contribution in [1.82, 2.24) is 10.3 Å². The summed E-state index contributed by atoms with van der Waals surface area (Å²) >= 11 is 0. The number of pyridine rings is 1. The van der Waals surface area contributed by atoms with Gasteiger partial charge in [0.25, 0.3) is 5.88 Å². The first-order valence-corrected chi connectivity index (χ1v) is 11.9. The number of hydrogen-bond acceptors (Lipinski definition) is 6. The van der Waals surface area contributed by atoms with E-state index in [1.807, 2.05) is 0 Å². The van der Waals surface area contributed by atoms with E-state index in [9.17, 15) is 14.7 Å². The predicted octanol–water partition coefficient (Wildman–Crippen LogP) is 6.32. The molecule has 0 aliphatic heterocycles. The third kappa shape index (κ3) is 16.6.